The molecule has 10 heteroatoms. The molecule has 0 saturated carbocycles. The second-order valence-corrected chi connectivity index (χ2v) is 9.47. The maximum atomic E-state index is 12.5. The molecule has 1 atom stereocenters. The van der Waals surface area contributed by atoms with Crippen molar-refractivity contribution in [3.8, 4) is 0 Å². The first-order valence-electron chi connectivity index (χ1n) is 10.4. The summed E-state index contributed by atoms with van der Waals surface area (Å²) in [7, 11) is -3.33. The number of rotatable bonds is 9. The lowest BCUT2D eigenvalue weighted by Crippen LogP contribution is -2.26. The molecule has 0 unspecified atom stereocenters. The first-order valence-corrected chi connectivity index (χ1v) is 12.3. The zero-order chi connectivity index (χ0) is 24.0. The second kappa shape index (κ2) is 10.4. The molecule has 1 aromatic heterocycles. The van der Waals surface area contributed by atoms with Gasteiger partial charge in [-0.1, -0.05) is 30.3 Å². The molecule has 0 aliphatic heterocycles. The van der Waals surface area contributed by atoms with Crippen molar-refractivity contribution in [3.05, 3.63) is 71.4 Å². The number of anilines is 3. The van der Waals surface area contributed by atoms with Gasteiger partial charge in [0.1, 0.15) is 11.4 Å². The van der Waals surface area contributed by atoms with Crippen LogP contribution in [0, 0.1) is 6.92 Å². The van der Waals surface area contributed by atoms with Crippen molar-refractivity contribution in [1.29, 1.82) is 0 Å². The Labute approximate surface area is 193 Å². The van der Waals surface area contributed by atoms with Crippen LogP contribution in [-0.4, -0.2) is 48.8 Å². The maximum Gasteiger partial charge on any atom is 0.256 e. The number of aliphatic hydroxyl groups is 1. The van der Waals surface area contributed by atoms with Gasteiger partial charge in [-0.3, -0.25) is 4.79 Å². The molecule has 2 aromatic carbocycles. The van der Waals surface area contributed by atoms with Crippen molar-refractivity contribution in [1.82, 2.24) is 15.3 Å². The highest BCUT2D eigenvalue weighted by atomic mass is 32.2. The number of sulfone groups is 1. The fraction of sp³-hybridized carbons (Fsp3) is 0.261. The van der Waals surface area contributed by atoms with Crippen molar-refractivity contribution < 1.29 is 18.3 Å². The third-order valence-electron chi connectivity index (χ3n) is 4.90. The van der Waals surface area contributed by atoms with Crippen molar-refractivity contribution in [3.63, 3.8) is 0 Å². The number of hydrogen-bond donors (Lipinski definition) is 4. The van der Waals surface area contributed by atoms with Crippen LogP contribution in [-0.2, 0) is 9.84 Å². The minimum absolute atomic E-state index is 0.210. The van der Waals surface area contributed by atoms with E-state index in [4.69, 9.17) is 0 Å². The minimum atomic E-state index is -3.33. The topological polar surface area (TPSA) is 133 Å². The van der Waals surface area contributed by atoms with Crippen LogP contribution in [0.25, 0.3) is 0 Å². The summed E-state index contributed by atoms with van der Waals surface area (Å²) in [6.07, 6.45) is 2.56. The quantitative estimate of drug-likeness (QED) is 0.376. The predicted octanol–water partition coefficient (Wildman–Crippen LogP) is 2.83. The number of nitrogens with one attached hydrogen (secondary N) is 3. The van der Waals surface area contributed by atoms with Crippen LogP contribution >= 0.6 is 0 Å². The molecule has 0 bridgehead atoms. The SMILES string of the molecule is CCNC(=O)c1cnc(Nc2ccc(S(C)(=O)=O)c(C)c2)nc1N[C@H](CO)c1ccccc1. The molecule has 0 aliphatic carbocycles. The molecular formula is C23H27N5O4S. The van der Waals surface area contributed by atoms with Gasteiger partial charge in [-0.2, -0.15) is 4.98 Å². The number of carbonyl (C=O) groups is 1. The van der Waals surface area contributed by atoms with Crippen molar-refractivity contribution in [2.24, 2.45) is 0 Å². The highest BCUT2D eigenvalue weighted by Crippen LogP contribution is 2.25. The van der Waals surface area contributed by atoms with Crippen LogP contribution in [0.15, 0.2) is 59.6 Å². The summed E-state index contributed by atoms with van der Waals surface area (Å²) in [5.41, 5.74) is 2.25. The third-order valence-corrected chi connectivity index (χ3v) is 6.15. The van der Waals surface area contributed by atoms with Gasteiger partial charge in [0.05, 0.1) is 17.5 Å². The Bertz CT molecular complexity index is 1230. The Hall–Kier alpha value is -3.50. The van der Waals surface area contributed by atoms with E-state index >= 15 is 0 Å². The Morgan fingerprint density at radius 3 is 2.48 bits per heavy atom. The van der Waals surface area contributed by atoms with E-state index in [1.165, 1.54) is 12.3 Å². The van der Waals surface area contributed by atoms with Gasteiger partial charge in [0.2, 0.25) is 5.95 Å². The first kappa shape index (κ1) is 24.1. The van der Waals surface area contributed by atoms with Gasteiger partial charge < -0.3 is 21.1 Å². The molecule has 0 saturated heterocycles. The molecule has 3 aromatic rings. The maximum absolute atomic E-state index is 12.5. The van der Waals surface area contributed by atoms with Crippen LogP contribution in [0.4, 0.5) is 17.5 Å². The molecule has 33 heavy (non-hydrogen) atoms. The molecular weight excluding hydrogens is 442 g/mol. The van der Waals surface area contributed by atoms with Crippen molar-refractivity contribution in [2.45, 2.75) is 24.8 Å². The fourth-order valence-corrected chi connectivity index (χ4v) is 4.29. The Balaban J connectivity index is 1.94. The van der Waals surface area contributed by atoms with Gasteiger partial charge in [0.15, 0.2) is 9.84 Å². The Kier molecular flexibility index (Phi) is 7.62. The number of nitrogens with zero attached hydrogens (tertiary/aromatic N) is 2. The second-order valence-electron chi connectivity index (χ2n) is 7.48. The number of hydrogen-bond acceptors (Lipinski definition) is 8. The van der Waals surface area contributed by atoms with Gasteiger partial charge in [-0.25, -0.2) is 13.4 Å². The largest absolute Gasteiger partial charge is 0.394 e. The summed E-state index contributed by atoms with van der Waals surface area (Å²) in [4.78, 5) is 21.5. The number of carbonyl (C=O) groups excluding carboxylic acids is 1. The zero-order valence-electron chi connectivity index (χ0n) is 18.7. The summed E-state index contributed by atoms with van der Waals surface area (Å²) >= 11 is 0. The first-order chi connectivity index (χ1) is 15.7. The average molecular weight is 470 g/mol. The molecule has 1 heterocycles. The van der Waals surface area contributed by atoms with Crippen LogP contribution in [0.1, 0.15) is 34.5 Å². The number of aromatic nitrogens is 2. The van der Waals surface area contributed by atoms with E-state index in [0.717, 1.165) is 11.8 Å². The van der Waals surface area contributed by atoms with Gasteiger partial charge in [-0.05, 0) is 43.2 Å². The standard InChI is InChI=1S/C23H27N5O4S/c1-4-24-22(30)18-13-25-23(26-17-10-11-20(15(2)12-17)33(3,31)32)28-21(18)27-19(14-29)16-8-6-5-7-9-16/h5-13,19,29H,4,14H2,1-3H3,(H,24,30)(H2,25,26,27,28)/t19-/m1/s1. The minimum Gasteiger partial charge on any atom is -0.394 e. The van der Waals surface area contributed by atoms with E-state index in [-0.39, 0.29) is 34.7 Å². The van der Waals surface area contributed by atoms with E-state index in [1.807, 2.05) is 37.3 Å². The molecule has 0 radical (unpaired) electrons. The zero-order valence-corrected chi connectivity index (χ0v) is 19.5. The normalized spacial score (nSPS) is 12.1. The van der Waals surface area contributed by atoms with E-state index in [0.29, 0.717) is 17.8 Å². The number of aliphatic hydroxyl groups excluding tert-OH is 1. The molecule has 0 aliphatic rings. The smallest absolute Gasteiger partial charge is 0.256 e. The lowest BCUT2D eigenvalue weighted by atomic mass is 10.1. The summed E-state index contributed by atoms with van der Waals surface area (Å²) in [6, 6.07) is 13.7. The van der Waals surface area contributed by atoms with Gasteiger partial charge in [0, 0.05) is 24.7 Å². The van der Waals surface area contributed by atoms with E-state index in [1.54, 1.807) is 19.1 Å². The molecule has 174 valence electrons. The molecule has 1 amide bonds. The van der Waals surface area contributed by atoms with Crippen LogP contribution < -0.4 is 16.0 Å². The Morgan fingerprint density at radius 2 is 1.88 bits per heavy atom. The third kappa shape index (κ3) is 6.05. The molecule has 9 nitrogen and oxygen atoms in total. The summed E-state index contributed by atoms with van der Waals surface area (Å²) in [5.74, 6) is 0.122. The van der Waals surface area contributed by atoms with Crippen LogP contribution in [0.3, 0.4) is 0 Å². The number of amides is 1. The van der Waals surface area contributed by atoms with Crippen molar-refractivity contribution in [2.75, 3.05) is 30.0 Å². The molecule has 0 fully saturated rings. The fourth-order valence-electron chi connectivity index (χ4n) is 3.33. The lowest BCUT2D eigenvalue weighted by Gasteiger charge is -2.20. The summed E-state index contributed by atoms with van der Waals surface area (Å²) in [6.45, 7) is 3.74. The summed E-state index contributed by atoms with van der Waals surface area (Å²) < 4.78 is 23.7. The van der Waals surface area contributed by atoms with Crippen LogP contribution in [0.2, 0.25) is 0 Å². The predicted molar refractivity (Wildman–Crippen MR) is 128 cm³/mol. The van der Waals surface area contributed by atoms with E-state index in [2.05, 4.69) is 25.9 Å². The highest BCUT2D eigenvalue weighted by Gasteiger charge is 2.19. The lowest BCUT2D eigenvalue weighted by molar-refractivity contribution is 0.0956. The molecule has 0 spiro atoms. The summed E-state index contributed by atoms with van der Waals surface area (Å²) in [5, 5.41) is 18.8. The number of benzene rings is 2. The monoisotopic (exact) mass is 469 g/mol. The van der Waals surface area contributed by atoms with E-state index in [9.17, 15) is 18.3 Å². The van der Waals surface area contributed by atoms with Gasteiger partial charge in [0.25, 0.3) is 5.91 Å². The highest BCUT2D eigenvalue weighted by molar-refractivity contribution is 7.90. The van der Waals surface area contributed by atoms with Crippen LogP contribution in [0.5, 0.6) is 0 Å². The van der Waals surface area contributed by atoms with E-state index < -0.39 is 15.9 Å². The average Bonchev–Trinajstić information content (AvgIpc) is 2.77. The molecule has 3 rings (SSSR count). The van der Waals surface area contributed by atoms with Gasteiger partial charge >= 0.3 is 0 Å². The number of aryl methyl sites for hydroxylation is 1. The Morgan fingerprint density at radius 1 is 1.15 bits per heavy atom. The van der Waals surface area contributed by atoms with Crippen molar-refractivity contribution >= 4 is 33.2 Å². The molecule has 4 N–H and O–H groups in total. The van der Waals surface area contributed by atoms with Gasteiger partial charge in [-0.15, -0.1) is 0 Å².